The van der Waals surface area contributed by atoms with E-state index in [1.165, 1.54) is 11.3 Å². The Morgan fingerprint density at radius 3 is 2.61 bits per heavy atom. The number of aromatic hydroxyl groups is 1. The monoisotopic (exact) mass is 583 g/mol. The Morgan fingerprint density at radius 1 is 1.12 bits per heavy atom. The van der Waals surface area contributed by atoms with Gasteiger partial charge in [-0.15, -0.1) is 11.3 Å². The number of benzene rings is 2. The molecule has 0 spiro atoms. The minimum Gasteiger partial charge on any atom is -0.508 e. The zero-order chi connectivity index (χ0) is 29.2. The lowest BCUT2D eigenvalue weighted by Gasteiger charge is -2.33. The van der Waals surface area contributed by atoms with Crippen LogP contribution in [0, 0.1) is 12.8 Å². The topological polar surface area (TPSA) is 120 Å². The Bertz CT molecular complexity index is 1550. The molecule has 1 aliphatic rings. The van der Waals surface area contributed by atoms with E-state index in [4.69, 9.17) is 0 Å². The minimum atomic E-state index is -4.58. The summed E-state index contributed by atoms with van der Waals surface area (Å²) >= 11 is 1.34. The standard InChI is InChI=1S/C29H28F3N5O3S/c1-17-12-20(14-21(13-17)36-27-33-11-8-24(37-27)29(30,31)32)23-16-35-26(41-23)28(40)9-6-18(7-10-28)25(39)34-15-19-4-2-3-5-22(19)38/h2-5,8,11-14,16,18,38,40H,6-7,9-10,15H2,1H3,(H,34,39)(H,33,36,37)/t18-,28+. The first-order valence-electron chi connectivity index (χ1n) is 13.0. The largest absolute Gasteiger partial charge is 0.508 e. The van der Waals surface area contributed by atoms with Crippen molar-refractivity contribution in [3.63, 3.8) is 0 Å². The van der Waals surface area contributed by atoms with Crippen molar-refractivity contribution in [2.75, 3.05) is 5.32 Å². The number of aryl methyl sites for hydroxylation is 1. The van der Waals surface area contributed by atoms with Crippen LogP contribution in [0.2, 0.25) is 0 Å². The number of aromatic nitrogens is 3. The van der Waals surface area contributed by atoms with Crippen molar-refractivity contribution in [3.05, 3.63) is 82.8 Å². The molecule has 0 aliphatic heterocycles. The van der Waals surface area contributed by atoms with E-state index in [1.807, 2.05) is 13.0 Å². The summed E-state index contributed by atoms with van der Waals surface area (Å²) in [6, 6.07) is 13.1. The van der Waals surface area contributed by atoms with Gasteiger partial charge in [0.1, 0.15) is 22.1 Å². The van der Waals surface area contributed by atoms with Crippen molar-refractivity contribution < 1.29 is 28.2 Å². The molecule has 1 saturated carbocycles. The summed E-state index contributed by atoms with van der Waals surface area (Å²) in [7, 11) is 0. The van der Waals surface area contributed by atoms with Gasteiger partial charge in [0, 0.05) is 36.1 Å². The van der Waals surface area contributed by atoms with E-state index in [0.717, 1.165) is 28.3 Å². The van der Waals surface area contributed by atoms with Crippen molar-refractivity contribution in [1.29, 1.82) is 0 Å². The van der Waals surface area contributed by atoms with E-state index in [2.05, 4.69) is 25.6 Å². The van der Waals surface area contributed by atoms with Crippen LogP contribution in [0.15, 0.2) is 60.9 Å². The molecule has 5 rings (SSSR count). The molecule has 4 aromatic rings. The van der Waals surface area contributed by atoms with Crippen LogP contribution in [-0.2, 0) is 23.1 Å². The molecule has 0 bridgehead atoms. The number of amides is 1. The fraction of sp³-hybridized carbons (Fsp3) is 0.310. The highest BCUT2D eigenvalue weighted by Crippen LogP contribution is 2.43. The predicted octanol–water partition coefficient (Wildman–Crippen LogP) is 6.07. The van der Waals surface area contributed by atoms with Crippen LogP contribution in [0.1, 0.15) is 47.5 Å². The molecule has 4 N–H and O–H groups in total. The van der Waals surface area contributed by atoms with Crippen LogP contribution in [0.25, 0.3) is 10.4 Å². The summed E-state index contributed by atoms with van der Waals surface area (Å²) in [5, 5.41) is 27.6. The van der Waals surface area contributed by atoms with Crippen LogP contribution in [0.3, 0.4) is 0 Å². The first-order valence-corrected chi connectivity index (χ1v) is 13.8. The molecule has 41 heavy (non-hydrogen) atoms. The lowest BCUT2D eigenvalue weighted by atomic mass is 9.78. The van der Waals surface area contributed by atoms with Gasteiger partial charge in [-0.1, -0.05) is 24.3 Å². The van der Waals surface area contributed by atoms with Gasteiger partial charge in [0.25, 0.3) is 0 Å². The minimum absolute atomic E-state index is 0.111. The highest BCUT2D eigenvalue weighted by atomic mass is 32.1. The molecule has 1 fully saturated rings. The number of hydrogen-bond donors (Lipinski definition) is 4. The normalized spacial score (nSPS) is 19.1. The van der Waals surface area contributed by atoms with Crippen molar-refractivity contribution >= 4 is 28.9 Å². The SMILES string of the molecule is Cc1cc(Nc2nccc(C(F)(F)F)n2)cc(-c2cnc([C@]3(O)CC[C@@H](C(=O)NCc4ccccc4O)CC3)s2)c1. The number of anilines is 2. The molecule has 214 valence electrons. The Balaban J connectivity index is 1.24. The molecule has 12 heteroatoms. The van der Waals surface area contributed by atoms with Gasteiger partial charge in [-0.2, -0.15) is 13.2 Å². The quantitative estimate of drug-likeness (QED) is 0.208. The molecular weight excluding hydrogens is 555 g/mol. The van der Waals surface area contributed by atoms with E-state index in [9.17, 15) is 28.2 Å². The fourth-order valence-corrected chi connectivity index (χ4v) is 5.93. The van der Waals surface area contributed by atoms with E-state index in [0.29, 0.717) is 41.9 Å². The molecule has 1 aliphatic carbocycles. The van der Waals surface area contributed by atoms with Crippen LogP contribution >= 0.6 is 11.3 Å². The molecule has 0 unspecified atom stereocenters. The second-order valence-corrected chi connectivity index (χ2v) is 11.2. The Labute approximate surface area is 238 Å². The molecule has 0 atom stereocenters. The van der Waals surface area contributed by atoms with Gasteiger partial charge in [0.15, 0.2) is 0 Å². The molecule has 2 aromatic heterocycles. The Hall–Kier alpha value is -4.03. The number of halogens is 3. The van der Waals surface area contributed by atoms with Crippen molar-refractivity contribution in [2.24, 2.45) is 5.92 Å². The Kier molecular flexibility index (Phi) is 7.96. The number of hydrogen-bond acceptors (Lipinski definition) is 8. The van der Waals surface area contributed by atoms with Gasteiger partial charge in [0.2, 0.25) is 11.9 Å². The molecule has 0 saturated heterocycles. The number of nitrogens with one attached hydrogen (secondary N) is 2. The van der Waals surface area contributed by atoms with E-state index < -0.39 is 17.5 Å². The molecule has 0 radical (unpaired) electrons. The predicted molar refractivity (Wildman–Crippen MR) is 148 cm³/mol. The molecule has 8 nitrogen and oxygen atoms in total. The third-order valence-corrected chi connectivity index (χ3v) is 8.34. The lowest BCUT2D eigenvalue weighted by molar-refractivity contribution is -0.141. The van der Waals surface area contributed by atoms with Gasteiger partial charge in [-0.3, -0.25) is 4.79 Å². The number of para-hydroxylation sites is 1. The number of alkyl halides is 3. The van der Waals surface area contributed by atoms with Crippen LogP contribution in [0.5, 0.6) is 5.75 Å². The van der Waals surface area contributed by atoms with Crippen LogP contribution in [0.4, 0.5) is 24.8 Å². The second-order valence-electron chi connectivity index (χ2n) is 10.2. The van der Waals surface area contributed by atoms with Crippen LogP contribution in [-0.4, -0.2) is 31.1 Å². The van der Waals surface area contributed by atoms with E-state index in [-0.39, 0.29) is 30.1 Å². The van der Waals surface area contributed by atoms with Gasteiger partial charge in [-0.05, 0) is 68.0 Å². The third-order valence-electron chi connectivity index (χ3n) is 7.10. The summed E-state index contributed by atoms with van der Waals surface area (Å²) < 4.78 is 39.1. The molecule has 2 aromatic carbocycles. The van der Waals surface area contributed by atoms with E-state index in [1.54, 1.807) is 42.6 Å². The zero-order valence-electron chi connectivity index (χ0n) is 22.1. The maximum absolute atomic E-state index is 13.0. The lowest BCUT2D eigenvalue weighted by Crippen LogP contribution is -2.38. The number of carbonyl (C=O) groups excluding carboxylic acids is 1. The molecule has 1 amide bonds. The molecular formula is C29H28F3N5O3S. The summed E-state index contributed by atoms with van der Waals surface area (Å²) in [5.74, 6) is -0.397. The summed E-state index contributed by atoms with van der Waals surface area (Å²) in [5.41, 5.74) is 0.605. The number of rotatable bonds is 7. The highest BCUT2D eigenvalue weighted by Gasteiger charge is 2.39. The molecule has 2 heterocycles. The number of thiazole rings is 1. The van der Waals surface area contributed by atoms with Gasteiger partial charge < -0.3 is 20.8 Å². The van der Waals surface area contributed by atoms with Crippen LogP contribution < -0.4 is 10.6 Å². The number of phenolic OH excluding ortho intramolecular Hbond substituents is 1. The fourth-order valence-electron chi connectivity index (χ4n) is 4.88. The van der Waals surface area contributed by atoms with Crippen molar-refractivity contribution in [3.8, 4) is 16.2 Å². The summed E-state index contributed by atoms with van der Waals surface area (Å²) in [6.07, 6.45) is -0.114. The Morgan fingerprint density at radius 2 is 1.88 bits per heavy atom. The summed E-state index contributed by atoms with van der Waals surface area (Å²) in [6.45, 7) is 2.10. The number of carbonyl (C=O) groups is 1. The average molecular weight is 584 g/mol. The maximum atomic E-state index is 13.0. The zero-order valence-corrected chi connectivity index (χ0v) is 22.9. The number of phenols is 1. The first kappa shape index (κ1) is 28.5. The van der Waals surface area contributed by atoms with Crippen molar-refractivity contribution in [1.82, 2.24) is 20.3 Å². The van der Waals surface area contributed by atoms with Crippen molar-refractivity contribution in [2.45, 2.75) is 50.9 Å². The van der Waals surface area contributed by atoms with E-state index >= 15 is 0 Å². The third kappa shape index (κ3) is 6.66. The number of nitrogens with zero attached hydrogens (tertiary/aromatic N) is 3. The maximum Gasteiger partial charge on any atom is 0.433 e. The smallest absolute Gasteiger partial charge is 0.433 e. The number of aliphatic hydroxyl groups is 1. The van der Waals surface area contributed by atoms with Gasteiger partial charge >= 0.3 is 6.18 Å². The average Bonchev–Trinajstić information content (AvgIpc) is 3.44. The van der Waals surface area contributed by atoms with Gasteiger partial charge in [-0.25, -0.2) is 15.0 Å². The first-order chi connectivity index (χ1) is 19.5. The second kappa shape index (κ2) is 11.5. The highest BCUT2D eigenvalue weighted by molar-refractivity contribution is 7.15. The summed E-state index contributed by atoms with van der Waals surface area (Å²) in [4.78, 5) is 25.5. The van der Waals surface area contributed by atoms with Gasteiger partial charge in [0.05, 0.1) is 4.88 Å².